The number of anilines is 1. The Morgan fingerprint density at radius 2 is 2.06 bits per heavy atom. The number of benzene rings is 1. The third-order valence-electron chi connectivity index (χ3n) is 4.22. The highest BCUT2D eigenvalue weighted by atomic mass is 16.2. The van der Waals surface area contributed by atoms with E-state index in [9.17, 15) is 4.79 Å². The highest BCUT2D eigenvalue weighted by Gasteiger charge is 2.41. The lowest BCUT2D eigenvalue weighted by molar-refractivity contribution is 0.0776. The van der Waals surface area contributed by atoms with E-state index >= 15 is 0 Å². The third kappa shape index (κ3) is 1.97. The van der Waals surface area contributed by atoms with E-state index < -0.39 is 0 Å². The van der Waals surface area contributed by atoms with Crippen molar-refractivity contribution in [1.29, 1.82) is 0 Å². The maximum Gasteiger partial charge on any atom is 0.253 e. The molecule has 4 heteroatoms. The van der Waals surface area contributed by atoms with Crippen LogP contribution in [0.3, 0.4) is 0 Å². The summed E-state index contributed by atoms with van der Waals surface area (Å²) in [6.07, 6.45) is 2.32. The fourth-order valence-electron chi connectivity index (χ4n) is 3.06. The van der Waals surface area contributed by atoms with Crippen LogP contribution < -0.4 is 11.1 Å². The number of hydrogen-bond acceptors (Lipinski definition) is 3. The first-order valence-corrected chi connectivity index (χ1v) is 6.54. The molecule has 0 radical (unpaired) electrons. The van der Waals surface area contributed by atoms with Gasteiger partial charge in [-0.15, -0.1) is 0 Å². The number of likely N-dealkylation sites (tertiary alicyclic amines) is 1. The maximum absolute atomic E-state index is 12.4. The Balaban J connectivity index is 1.72. The summed E-state index contributed by atoms with van der Waals surface area (Å²) in [5.74, 6) is 0.138. The Hall–Kier alpha value is -1.55. The molecule has 4 nitrogen and oxygen atoms in total. The lowest BCUT2D eigenvalue weighted by atomic mass is 9.86. The molecule has 0 bridgehead atoms. The van der Waals surface area contributed by atoms with Crippen LogP contribution in [0.2, 0.25) is 0 Å². The Morgan fingerprint density at radius 3 is 2.72 bits per heavy atom. The minimum absolute atomic E-state index is 0.138. The van der Waals surface area contributed by atoms with Crippen molar-refractivity contribution >= 4 is 11.6 Å². The van der Waals surface area contributed by atoms with Crippen molar-refractivity contribution in [2.75, 3.05) is 31.9 Å². The molecule has 0 saturated carbocycles. The van der Waals surface area contributed by atoms with Gasteiger partial charge in [-0.05, 0) is 43.7 Å². The molecule has 2 aliphatic heterocycles. The SMILES string of the molecule is Nc1ccc(C(=O)N2CCC3(CCNC3)C2)cc1. The second-order valence-electron chi connectivity index (χ2n) is 5.53. The van der Waals surface area contributed by atoms with E-state index in [4.69, 9.17) is 5.73 Å². The molecule has 2 heterocycles. The molecule has 3 N–H and O–H groups in total. The van der Waals surface area contributed by atoms with Crippen LogP contribution in [0.15, 0.2) is 24.3 Å². The van der Waals surface area contributed by atoms with Gasteiger partial charge in [0.2, 0.25) is 0 Å². The van der Waals surface area contributed by atoms with Crippen molar-refractivity contribution in [2.45, 2.75) is 12.8 Å². The van der Waals surface area contributed by atoms with Gasteiger partial charge in [0.25, 0.3) is 5.91 Å². The molecule has 0 aromatic heterocycles. The second-order valence-corrected chi connectivity index (χ2v) is 5.53. The molecule has 1 spiro atoms. The molecule has 96 valence electrons. The van der Waals surface area contributed by atoms with Gasteiger partial charge in [0.1, 0.15) is 0 Å². The summed E-state index contributed by atoms with van der Waals surface area (Å²) in [6, 6.07) is 7.21. The van der Waals surface area contributed by atoms with E-state index in [2.05, 4.69) is 5.32 Å². The van der Waals surface area contributed by atoms with E-state index in [1.807, 2.05) is 17.0 Å². The Kier molecular flexibility index (Phi) is 2.74. The standard InChI is InChI=1S/C14H19N3O/c15-12-3-1-11(2-4-12)13(18)17-8-6-14(10-17)5-7-16-9-14/h1-4,16H,5-10,15H2. The zero-order valence-electron chi connectivity index (χ0n) is 10.5. The van der Waals surface area contributed by atoms with Gasteiger partial charge in [0.05, 0.1) is 0 Å². The molecule has 0 aliphatic carbocycles. The number of carbonyl (C=O) groups excluding carboxylic acids is 1. The number of rotatable bonds is 1. The smallest absolute Gasteiger partial charge is 0.253 e. The summed E-state index contributed by atoms with van der Waals surface area (Å²) in [7, 11) is 0. The molecule has 1 amide bonds. The fourth-order valence-corrected chi connectivity index (χ4v) is 3.06. The lowest BCUT2D eigenvalue weighted by Crippen LogP contribution is -2.33. The van der Waals surface area contributed by atoms with Crippen LogP contribution in [-0.4, -0.2) is 37.0 Å². The van der Waals surface area contributed by atoms with Crippen LogP contribution in [0.25, 0.3) is 0 Å². The van der Waals surface area contributed by atoms with Gasteiger partial charge in [-0.25, -0.2) is 0 Å². The van der Waals surface area contributed by atoms with E-state index in [0.717, 1.165) is 38.2 Å². The van der Waals surface area contributed by atoms with Crippen molar-refractivity contribution in [3.8, 4) is 0 Å². The van der Waals surface area contributed by atoms with Crippen molar-refractivity contribution in [1.82, 2.24) is 10.2 Å². The Bertz CT molecular complexity index is 449. The number of nitrogens with zero attached hydrogens (tertiary/aromatic N) is 1. The van der Waals surface area contributed by atoms with E-state index in [0.29, 0.717) is 11.1 Å². The number of amides is 1. The van der Waals surface area contributed by atoms with Crippen molar-refractivity contribution in [2.24, 2.45) is 5.41 Å². The van der Waals surface area contributed by atoms with Crippen LogP contribution in [0, 0.1) is 5.41 Å². The van der Waals surface area contributed by atoms with Crippen LogP contribution >= 0.6 is 0 Å². The van der Waals surface area contributed by atoms with Crippen molar-refractivity contribution < 1.29 is 4.79 Å². The van der Waals surface area contributed by atoms with E-state index in [-0.39, 0.29) is 5.91 Å². The first kappa shape index (κ1) is 11.5. The topological polar surface area (TPSA) is 58.4 Å². The summed E-state index contributed by atoms with van der Waals surface area (Å²) >= 11 is 0. The molecular weight excluding hydrogens is 226 g/mol. The molecule has 1 aromatic rings. The zero-order valence-corrected chi connectivity index (χ0v) is 10.5. The minimum Gasteiger partial charge on any atom is -0.399 e. The summed E-state index contributed by atoms with van der Waals surface area (Å²) in [4.78, 5) is 14.3. The highest BCUT2D eigenvalue weighted by Crippen LogP contribution is 2.36. The van der Waals surface area contributed by atoms with Crippen molar-refractivity contribution in [3.63, 3.8) is 0 Å². The first-order chi connectivity index (χ1) is 8.69. The first-order valence-electron chi connectivity index (χ1n) is 6.54. The number of nitrogen functional groups attached to an aromatic ring is 1. The summed E-state index contributed by atoms with van der Waals surface area (Å²) in [5.41, 5.74) is 7.42. The van der Waals surface area contributed by atoms with Gasteiger partial charge in [-0.1, -0.05) is 0 Å². The lowest BCUT2D eigenvalue weighted by Gasteiger charge is -2.22. The molecule has 2 saturated heterocycles. The molecule has 3 rings (SSSR count). The quantitative estimate of drug-likeness (QED) is 0.728. The molecule has 1 atom stereocenters. The molecule has 1 aromatic carbocycles. The van der Waals surface area contributed by atoms with Gasteiger partial charge in [-0.2, -0.15) is 0 Å². The van der Waals surface area contributed by atoms with Crippen LogP contribution in [0.1, 0.15) is 23.2 Å². The van der Waals surface area contributed by atoms with Gasteiger partial charge < -0.3 is 16.0 Å². The molecule has 2 fully saturated rings. The van der Waals surface area contributed by atoms with E-state index in [1.165, 1.54) is 6.42 Å². The maximum atomic E-state index is 12.4. The minimum atomic E-state index is 0.138. The monoisotopic (exact) mass is 245 g/mol. The van der Waals surface area contributed by atoms with E-state index in [1.54, 1.807) is 12.1 Å². The van der Waals surface area contributed by atoms with Crippen LogP contribution in [-0.2, 0) is 0 Å². The summed E-state index contributed by atoms with van der Waals surface area (Å²) < 4.78 is 0. The number of hydrogen-bond donors (Lipinski definition) is 2. The Morgan fingerprint density at radius 1 is 1.28 bits per heavy atom. The van der Waals surface area contributed by atoms with Crippen LogP contribution in [0.4, 0.5) is 5.69 Å². The fraction of sp³-hybridized carbons (Fsp3) is 0.500. The van der Waals surface area contributed by atoms with Gasteiger partial charge >= 0.3 is 0 Å². The normalized spacial score (nSPS) is 27.0. The molecule has 18 heavy (non-hydrogen) atoms. The largest absolute Gasteiger partial charge is 0.399 e. The second kappa shape index (κ2) is 4.28. The van der Waals surface area contributed by atoms with Gasteiger partial charge in [0, 0.05) is 36.3 Å². The zero-order chi connectivity index (χ0) is 12.6. The third-order valence-corrected chi connectivity index (χ3v) is 4.22. The average molecular weight is 245 g/mol. The summed E-state index contributed by atoms with van der Waals surface area (Å²) in [5, 5.41) is 3.41. The van der Waals surface area contributed by atoms with Gasteiger partial charge in [-0.3, -0.25) is 4.79 Å². The predicted octanol–water partition coefficient (Wildman–Crippen LogP) is 1.09. The average Bonchev–Trinajstić information content (AvgIpc) is 3.01. The molecular formula is C14H19N3O. The highest BCUT2D eigenvalue weighted by molar-refractivity contribution is 5.94. The number of nitrogens with one attached hydrogen (secondary N) is 1. The summed E-state index contributed by atoms with van der Waals surface area (Å²) in [6.45, 7) is 3.91. The number of nitrogens with two attached hydrogens (primary N) is 1. The predicted molar refractivity (Wildman–Crippen MR) is 71.3 cm³/mol. The van der Waals surface area contributed by atoms with Crippen molar-refractivity contribution in [3.05, 3.63) is 29.8 Å². The Labute approximate surface area is 107 Å². The number of carbonyl (C=O) groups is 1. The molecule has 1 unspecified atom stereocenters. The molecule has 2 aliphatic rings. The van der Waals surface area contributed by atoms with Crippen LogP contribution in [0.5, 0.6) is 0 Å². The van der Waals surface area contributed by atoms with Gasteiger partial charge in [0.15, 0.2) is 0 Å².